The van der Waals surface area contributed by atoms with Crippen molar-refractivity contribution in [2.45, 2.75) is 58.8 Å². The topological polar surface area (TPSA) is 0 Å². The Kier molecular flexibility index (Phi) is 10.7. The molecule has 1 heteroatoms. The van der Waals surface area contributed by atoms with E-state index in [1.807, 2.05) is 0 Å². The standard InChI is InChI=1S/C12H27S/c1-4-6-7-8-9-10-12-13(3)11-5-2/h4-12H2,1-3H3/q+1. The van der Waals surface area contributed by atoms with Crippen LogP contribution in [-0.2, 0) is 10.9 Å². The zero-order chi connectivity index (χ0) is 9.94. The van der Waals surface area contributed by atoms with E-state index in [0.717, 1.165) is 10.9 Å². The molecule has 13 heavy (non-hydrogen) atoms. The summed E-state index contributed by atoms with van der Waals surface area (Å²) in [6.07, 6.45) is 12.5. The lowest BCUT2D eigenvalue weighted by Crippen LogP contribution is -2.08. The first-order chi connectivity index (χ1) is 6.31. The number of unbranched alkanes of at least 4 members (excludes halogenated alkanes) is 5. The van der Waals surface area contributed by atoms with Gasteiger partial charge in [0.25, 0.3) is 0 Å². The van der Waals surface area contributed by atoms with Crippen LogP contribution in [-0.4, -0.2) is 17.8 Å². The highest BCUT2D eigenvalue weighted by Crippen LogP contribution is 2.07. The Morgan fingerprint density at radius 3 is 1.92 bits per heavy atom. The van der Waals surface area contributed by atoms with Crippen LogP contribution in [0.3, 0.4) is 0 Å². The van der Waals surface area contributed by atoms with E-state index in [4.69, 9.17) is 0 Å². The first-order valence-electron chi connectivity index (χ1n) is 5.90. The fourth-order valence-corrected chi connectivity index (χ4v) is 3.18. The predicted molar refractivity (Wildman–Crippen MR) is 66.7 cm³/mol. The maximum atomic E-state index is 2.43. The molecule has 0 saturated carbocycles. The fraction of sp³-hybridized carbons (Fsp3) is 1.00. The quantitative estimate of drug-likeness (QED) is 0.392. The van der Waals surface area contributed by atoms with E-state index in [1.165, 1.54) is 56.5 Å². The highest BCUT2D eigenvalue weighted by molar-refractivity contribution is 7.96. The van der Waals surface area contributed by atoms with Crippen LogP contribution in [0.2, 0.25) is 0 Å². The lowest BCUT2D eigenvalue weighted by Gasteiger charge is -2.02. The molecule has 0 rings (SSSR count). The summed E-state index contributed by atoms with van der Waals surface area (Å²) >= 11 is 0. The third-order valence-corrected chi connectivity index (χ3v) is 4.49. The third-order valence-electron chi connectivity index (χ3n) is 2.40. The van der Waals surface area contributed by atoms with E-state index in [-0.39, 0.29) is 0 Å². The average Bonchev–Trinajstić information content (AvgIpc) is 2.11. The molecule has 0 nitrogen and oxygen atoms in total. The van der Waals surface area contributed by atoms with Gasteiger partial charge in [0.1, 0.15) is 11.5 Å². The predicted octanol–water partition coefficient (Wildman–Crippen LogP) is 4.01. The van der Waals surface area contributed by atoms with Crippen LogP contribution < -0.4 is 0 Å². The Morgan fingerprint density at radius 1 is 0.692 bits per heavy atom. The molecular formula is C12H27S+. The van der Waals surface area contributed by atoms with Gasteiger partial charge in [-0.15, -0.1) is 0 Å². The first-order valence-corrected chi connectivity index (χ1v) is 7.87. The van der Waals surface area contributed by atoms with Crippen molar-refractivity contribution < 1.29 is 0 Å². The third kappa shape index (κ3) is 10.3. The highest BCUT2D eigenvalue weighted by Gasteiger charge is 2.07. The monoisotopic (exact) mass is 203 g/mol. The van der Waals surface area contributed by atoms with Crippen LogP contribution in [0.5, 0.6) is 0 Å². The molecule has 0 spiro atoms. The largest absolute Gasteiger partial charge is 0.107 e. The zero-order valence-electron chi connectivity index (χ0n) is 9.77. The summed E-state index contributed by atoms with van der Waals surface area (Å²) in [4.78, 5) is 0. The molecular weight excluding hydrogens is 176 g/mol. The van der Waals surface area contributed by atoms with Crippen molar-refractivity contribution in [1.82, 2.24) is 0 Å². The van der Waals surface area contributed by atoms with E-state index < -0.39 is 0 Å². The van der Waals surface area contributed by atoms with Gasteiger partial charge in [-0.2, -0.15) is 0 Å². The minimum atomic E-state index is 0.723. The van der Waals surface area contributed by atoms with Crippen molar-refractivity contribution in [3.8, 4) is 0 Å². The summed E-state index contributed by atoms with van der Waals surface area (Å²) in [7, 11) is 0.723. The fourth-order valence-electron chi connectivity index (χ4n) is 1.58. The van der Waals surface area contributed by atoms with Crippen molar-refractivity contribution in [3.63, 3.8) is 0 Å². The Morgan fingerprint density at radius 2 is 1.31 bits per heavy atom. The molecule has 0 saturated heterocycles. The first kappa shape index (κ1) is 13.4. The SMILES string of the molecule is CCCCCCCC[S+](C)CCC. The molecule has 0 aliphatic heterocycles. The number of hydrogen-bond donors (Lipinski definition) is 0. The van der Waals surface area contributed by atoms with E-state index in [0.29, 0.717) is 0 Å². The van der Waals surface area contributed by atoms with Gasteiger partial charge in [0.05, 0.1) is 6.26 Å². The lowest BCUT2D eigenvalue weighted by atomic mass is 10.1. The van der Waals surface area contributed by atoms with Crippen LogP contribution in [0.4, 0.5) is 0 Å². The average molecular weight is 203 g/mol. The molecule has 1 atom stereocenters. The van der Waals surface area contributed by atoms with Gasteiger partial charge in [-0.3, -0.25) is 0 Å². The minimum absolute atomic E-state index is 0.723. The molecule has 0 aliphatic rings. The van der Waals surface area contributed by atoms with Crippen molar-refractivity contribution >= 4 is 10.9 Å². The summed E-state index contributed by atoms with van der Waals surface area (Å²) < 4.78 is 0. The Bertz CT molecular complexity index is 91.1. The molecule has 0 aliphatic carbocycles. The van der Waals surface area contributed by atoms with E-state index in [1.54, 1.807) is 0 Å². The van der Waals surface area contributed by atoms with Gasteiger partial charge in [0.2, 0.25) is 0 Å². The smallest absolute Gasteiger partial charge is 0.0654 e. The molecule has 0 aromatic heterocycles. The van der Waals surface area contributed by atoms with Crippen molar-refractivity contribution in [2.24, 2.45) is 0 Å². The van der Waals surface area contributed by atoms with Gasteiger partial charge >= 0.3 is 0 Å². The molecule has 0 heterocycles. The maximum Gasteiger partial charge on any atom is 0.107 e. The molecule has 80 valence electrons. The Balaban J connectivity index is 2.97. The van der Waals surface area contributed by atoms with E-state index >= 15 is 0 Å². The van der Waals surface area contributed by atoms with Gasteiger partial charge in [-0.1, -0.05) is 39.5 Å². The summed E-state index contributed by atoms with van der Waals surface area (Å²) in [6.45, 7) is 4.58. The van der Waals surface area contributed by atoms with Gasteiger partial charge in [-0.25, -0.2) is 0 Å². The lowest BCUT2D eigenvalue weighted by molar-refractivity contribution is 0.626. The van der Waals surface area contributed by atoms with Crippen LogP contribution >= 0.6 is 0 Å². The molecule has 0 aromatic carbocycles. The summed E-state index contributed by atoms with van der Waals surface area (Å²) in [6, 6.07) is 0. The molecule has 1 unspecified atom stereocenters. The van der Waals surface area contributed by atoms with E-state index in [9.17, 15) is 0 Å². The second-order valence-corrected chi connectivity index (χ2v) is 6.34. The van der Waals surface area contributed by atoms with Crippen LogP contribution in [0.1, 0.15) is 58.8 Å². The maximum absolute atomic E-state index is 2.43. The van der Waals surface area contributed by atoms with Crippen molar-refractivity contribution in [3.05, 3.63) is 0 Å². The van der Waals surface area contributed by atoms with Crippen molar-refractivity contribution in [1.29, 1.82) is 0 Å². The summed E-state index contributed by atoms with van der Waals surface area (Å²) in [5.74, 6) is 2.94. The summed E-state index contributed by atoms with van der Waals surface area (Å²) in [5, 5.41) is 0. The normalized spacial score (nSPS) is 13.2. The highest BCUT2D eigenvalue weighted by atomic mass is 32.2. The minimum Gasteiger partial charge on any atom is -0.0654 e. The van der Waals surface area contributed by atoms with Gasteiger partial charge in [-0.05, 0) is 30.2 Å². The molecule has 0 radical (unpaired) electrons. The van der Waals surface area contributed by atoms with Gasteiger partial charge < -0.3 is 0 Å². The van der Waals surface area contributed by atoms with Crippen LogP contribution in [0.25, 0.3) is 0 Å². The van der Waals surface area contributed by atoms with Crippen LogP contribution in [0.15, 0.2) is 0 Å². The van der Waals surface area contributed by atoms with Gasteiger partial charge in [0.15, 0.2) is 0 Å². The Hall–Kier alpha value is 0.350. The van der Waals surface area contributed by atoms with Crippen LogP contribution in [0, 0.1) is 0 Å². The van der Waals surface area contributed by atoms with Gasteiger partial charge in [0, 0.05) is 0 Å². The van der Waals surface area contributed by atoms with Crippen molar-refractivity contribution in [2.75, 3.05) is 17.8 Å². The molecule has 0 fully saturated rings. The molecule has 0 N–H and O–H groups in total. The second kappa shape index (κ2) is 10.4. The van der Waals surface area contributed by atoms with E-state index in [2.05, 4.69) is 20.1 Å². The zero-order valence-corrected chi connectivity index (χ0v) is 10.6. The second-order valence-electron chi connectivity index (χ2n) is 3.96. The molecule has 0 aromatic rings. The summed E-state index contributed by atoms with van der Waals surface area (Å²) in [5.41, 5.74) is 0. The number of hydrogen-bond acceptors (Lipinski definition) is 0. The Labute approximate surface area is 87.8 Å². The number of rotatable bonds is 9. The molecule has 0 bridgehead atoms. The molecule has 0 amide bonds.